The molecule has 7 heteroatoms. The zero-order valence-corrected chi connectivity index (χ0v) is 10.8. The van der Waals surface area contributed by atoms with Gasteiger partial charge in [-0.2, -0.15) is 11.8 Å². The first-order chi connectivity index (χ1) is 8.16. The molecular weight excluding hydrogens is 244 g/mol. The van der Waals surface area contributed by atoms with Crippen LogP contribution in [-0.2, 0) is 9.53 Å². The van der Waals surface area contributed by atoms with Gasteiger partial charge in [-0.3, -0.25) is 0 Å². The summed E-state index contributed by atoms with van der Waals surface area (Å²) < 4.78 is 4.76. The van der Waals surface area contributed by atoms with Crippen molar-refractivity contribution in [3.8, 4) is 0 Å². The summed E-state index contributed by atoms with van der Waals surface area (Å²) in [5, 5.41) is 13.6. The van der Waals surface area contributed by atoms with E-state index in [1.54, 1.807) is 11.8 Å². The van der Waals surface area contributed by atoms with Gasteiger partial charge in [-0.15, -0.1) is 0 Å². The molecule has 0 saturated carbocycles. The predicted octanol–water partition coefficient (Wildman–Crippen LogP) is 0.530. The van der Waals surface area contributed by atoms with Crippen LogP contribution in [0.2, 0.25) is 0 Å². The van der Waals surface area contributed by atoms with E-state index in [1.165, 1.54) is 0 Å². The minimum atomic E-state index is -1.01. The maximum absolute atomic E-state index is 11.2. The molecule has 0 unspecified atom stereocenters. The molecular formula is C10H20N2O4S. The first kappa shape index (κ1) is 16.1. The van der Waals surface area contributed by atoms with Crippen molar-refractivity contribution in [3.05, 3.63) is 0 Å². The fourth-order valence-electron chi connectivity index (χ4n) is 1.03. The largest absolute Gasteiger partial charge is 0.480 e. The van der Waals surface area contributed by atoms with Crippen LogP contribution in [0.3, 0.4) is 0 Å². The van der Waals surface area contributed by atoms with Crippen LogP contribution in [0.1, 0.15) is 12.8 Å². The number of rotatable bonds is 10. The van der Waals surface area contributed by atoms with Gasteiger partial charge in [0.15, 0.2) is 0 Å². The molecule has 0 radical (unpaired) electrons. The molecule has 3 N–H and O–H groups in total. The van der Waals surface area contributed by atoms with Crippen LogP contribution in [0.15, 0.2) is 0 Å². The van der Waals surface area contributed by atoms with E-state index in [9.17, 15) is 9.59 Å². The lowest BCUT2D eigenvalue weighted by atomic mass is 10.3. The summed E-state index contributed by atoms with van der Waals surface area (Å²) in [4.78, 5) is 21.3. The van der Waals surface area contributed by atoms with Gasteiger partial charge in [-0.05, 0) is 24.9 Å². The Kier molecular flexibility index (Phi) is 10.9. The standard InChI is InChI=1S/C10H20N2O4S/c1-17-7-3-2-4-11-10(15)12-5-6-16-8-9(13)14/h2-8H2,1H3,(H,13,14)(H2,11,12,15). The Labute approximate surface area is 105 Å². The van der Waals surface area contributed by atoms with Crippen LogP contribution in [-0.4, -0.2) is 55.4 Å². The fourth-order valence-corrected chi connectivity index (χ4v) is 1.52. The van der Waals surface area contributed by atoms with Crippen LogP contribution < -0.4 is 10.6 Å². The Bertz CT molecular complexity index is 226. The molecule has 6 nitrogen and oxygen atoms in total. The molecule has 0 bridgehead atoms. The smallest absolute Gasteiger partial charge is 0.329 e. The van der Waals surface area contributed by atoms with Gasteiger partial charge < -0.3 is 20.5 Å². The number of urea groups is 1. The van der Waals surface area contributed by atoms with Crippen molar-refractivity contribution in [2.24, 2.45) is 0 Å². The number of amides is 2. The van der Waals surface area contributed by atoms with Crippen molar-refractivity contribution in [2.75, 3.05) is 38.3 Å². The Balaban J connectivity index is 3.20. The summed E-state index contributed by atoms with van der Waals surface area (Å²) in [6.45, 7) is 0.830. The van der Waals surface area contributed by atoms with E-state index in [0.29, 0.717) is 13.1 Å². The lowest BCUT2D eigenvalue weighted by molar-refractivity contribution is -0.142. The Morgan fingerprint density at radius 1 is 1.24 bits per heavy atom. The highest BCUT2D eigenvalue weighted by molar-refractivity contribution is 7.98. The predicted molar refractivity (Wildman–Crippen MR) is 67.5 cm³/mol. The van der Waals surface area contributed by atoms with Gasteiger partial charge in [-0.25, -0.2) is 9.59 Å². The van der Waals surface area contributed by atoms with Crippen molar-refractivity contribution in [1.29, 1.82) is 0 Å². The highest BCUT2D eigenvalue weighted by Gasteiger charge is 1.99. The summed E-state index contributed by atoms with van der Waals surface area (Å²) in [7, 11) is 0. The van der Waals surface area contributed by atoms with Gasteiger partial charge in [0.05, 0.1) is 6.61 Å². The van der Waals surface area contributed by atoms with Gasteiger partial charge in [0, 0.05) is 13.1 Å². The molecule has 0 spiro atoms. The third-order valence-electron chi connectivity index (χ3n) is 1.82. The first-order valence-corrected chi connectivity index (χ1v) is 6.86. The van der Waals surface area contributed by atoms with E-state index in [4.69, 9.17) is 9.84 Å². The molecule has 0 aliphatic carbocycles. The number of carbonyl (C=O) groups excluding carboxylic acids is 1. The number of aliphatic carboxylic acids is 1. The number of hydrogen-bond acceptors (Lipinski definition) is 4. The minimum absolute atomic E-state index is 0.201. The van der Waals surface area contributed by atoms with Crippen LogP contribution in [0.5, 0.6) is 0 Å². The van der Waals surface area contributed by atoms with Crippen LogP contribution >= 0.6 is 11.8 Å². The zero-order valence-electron chi connectivity index (χ0n) is 10.0. The lowest BCUT2D eigenvalue weighted by Gasteiger charge is -2.07. The second-order valence-corrected chi connectivity index (χ2v) is 4.31. The highest BCUT2D eigenvalue weighted by atomic mass is 32.2. The molecule has 0 atom stereocenters. The lowest BCUT2D eigenvalue weighted by Crippen LogP contribution is -2.37. The summed E-state index contributed by atoms with van der Waals surface area (Å²) in [6, 6.07) is -0.243. The van der Waals surface area contributed by atoms with E-state index in [2.05, 4.69) is 16.9 Å². The van der Waals surface area contributed by atoms with Gasteiger partial charge in [0.25, 0.3) is 0 Å². The van der Waals surface area contributed by atoms with Gasteiger partial charge >= 0.3 is 12.0 Å². The second-order valence-electron chi connectivity index (χ2n) is 3.33. The maximum Gasteiger partial charge on any atom is 0.329 e. The Morgan fingerprint density at radius 3 is 2.59 bits per heavy atom. The molecule has 100 valence electrons. The second kappa shape index (κ2) is 11.5. The van der Waals surface area contributed by atoms with E-state index in [-0.39, 0.29) is 19.2 Å². The zero-order chi connectivity index (χ0) is 12.9. The topological polar surface area (TPSA) is 87.7 Å². The number of hydrogen-bond donors (Lipinski definition) is 3. The van der Waals surface area contributed by atoms with E-state index >= 15 is 0 Å². The molecule has 0 aliphatic rings. The van der Waals surface area contributed by atoms with Crippen molar-refractivity contribution in [1.82, 2.24) is 10.6 Å². The molecule has 0 aliphatic heterocycles. The van der Waals surface area contributed by atoms with Crippen LogP contribution in [0.25, 0.3) is 0 Å². The number of thioether (sulfide) groups is 1. The summed E-state index contributed by atoms with van der Waals surface area (Å²) in [5.41, 5.74) is 0. The number of carboxylic acid groups (broad SMARTS) is 1. The van der Waals surface area contributed by atoms with Crippen LogP contribution in [0, 0.1) is 0 Å². The average molecular weight is 264 g/mol. The average Bonchev–Trinajstić information content (AvgIpc) is 2.28. The monoisotopic (exact) mass is 264 g/mol. The van der Waals surface area contributed by atoms with Gasteiger partial charge in [0.2, 0.25) is 0 Å². The minimum Gasteiger partial charge on any atom is -0.480 e. The number of nitrogens with one attached hydrogen (secondary N) is 2. The number of carboxylic acids is 1. The highest BCUT2D eigenvalue weighted by Crippen LogP contribution is 1.97. The number of carbonyl (C=O) groups is 2. The maximum atomic E-state index is 11.2. The molecule has 0 aromatic carbocycles. The molecule has 2 amide bonds. The normalized spacial score (nSPS) is 9.94. The van der Waals surface area contributed by atoms with E-state index in [0.717, 1.165) is 18.6 Å². The third kappa shape index (κ3) is 13.0. The Morgan fingerprint density at radius 2 is 1.94 bits per heavy atom. The first-order valence-electron chi connectivity index (χ1n) is 5.47. The third-order valence-corrected chi connectivity index (χ3v) is 2.52. The van der Waals surface area contributed by atoms with Gasteiger partial charge in [0.1, 0.15) is 6.61 Å². The Hall–Kier alpha value is -0.950. The molecule has 0 saturated heterocycles. The van der Waals surface area contributed by atoms with Crippen molar-refractivity contribution >= 4 is 23.8 Å². The van der Waals surface area contributed by atoms with Crippen molar-refractivity contribution in [2.45, 2.75) is 12.8 Å². The molecule has 17 heavy (non-hydrogen) atoms. The number of ether oxygens (including phenoxy) is 1. The van der Waals surface area contributed by atoms with Crippen molar-refractivity contribution < 1.29 is 19.4 Å². The molecule has 0 rings (SSSR count). The summed E-state index contributed by atoms with van der Waals surface area (Å²) in [6.07, 6.45) is 4.10. The van der Waals surface area contributed by atoms with Crippen molar-refractivity contribution in [3.63, 3.8) is 0 Å². The summed E-state index contributed by atoms with van der Waals surface area (Å²) >= 11 is 1.79. The molecule has 0 aromatic heterocycles. The van der Waals surface area contributed by atoms with E-state index in [1.807, 2.05) is 0 Å². The fraction of sp³-hybridized carbons (Fsp3) is 0.800. The summed E-state index contributed by atoms with van der Waals surface area (Å²) in [5.74, 6) is 0.0926. The molecule has 0 heterocycles. The number of unbranched alkanes of at least 4 members (excludes halogenated alkanes) is 1. The SMILES string of the molecule is CSCCCCNC(=O)NCCOCC(=O)O. The van der Waals surface area contributed by atoms with Gasteiger partial charge in [-0.1, -0.05) is 0 Å². The van der Waals surface area contributed by atoms with Crippen LogP contribution in [0.4, 0.5) is 4.79 Å². The molecule has 0 fully saturated rings. The van der Waals surface area contributed by atoms with E-state index < -0.39 is 5.97 Å². The quantitative estimate of drug-likeness (QED) is 0.501. The molecule has 0 aromatic rings.